The zero-order chi connectivity index (χ0) is 14.3. The van der Waals surface area contributed by atoms with Crippen molar-refractivity contribution in [3.8, 4) is 11.5 Å². The number of benzene rings is 1. The van der Waals surface area contributed by atoms with Crippen LogP contribution in [0.25, 0.3) is 0 Å². The Balaban J connectivity index is 2.76. The van der Waals surface area contributed by atoms with Crippen LogP contribution in [0.5, 0.6) is 11.5 Å². The highest BCUT2D eigenvalue weighted by atomic mass is 16.5. The topological polar surface area (TPSA) is 47.7 Å². The van der Waals surface area contributed by atoms with Crippen LogP contribution in [-0.4, -0.2) is 45.3 Å². The SMILES string of the molecule is CCC(N)Cc1cc(OC)ccc1OCCN(C)C. The number of ether oxygens (including phenoxy) is 2. The van der Waals surface area contributed by atoms with Gasteiger partial charge in [0.2, 0.25) is 0 Å². The summed E-state index contributed by atoms with van der Waals surface area (Å²) in [6.45, 7) is 3.66. The van der Waals surface area contributed by atoms with E-state index in [0.29, 0.717) is 6.61 Å². The molecule has 4 nitrogen and oxygen atoms in total. The van der Waals surface area contributed by atoms with Crippen LogP contribution >= 0.6 is 0 Å². The number of likely N-dealkylation sites (N-methyl/N-ethyl adjacent to an activating group) is 1. The molecule has 1 aromatic carbocycles. The van der Waals surface area contributed by atoms with Gasteiger partial charge in [-0.25, -0.2) is 0 Å². The first-order chi connectivity index (χ1) is 9.06. The maximum absolute atomic E-state index is 6.04. The van der Waals surface area contributed by atoms with Gasteiger partial charge in [-0.3, -0.25) is 0 Å². The largest absolute Gasteiger partial charge is 0.497 e. The van der Waals surface area contributed by atoms with E-state index in [9.17, 15) is 0 Å². The zero-order valence-corrected chi connectivity index (χ0v) is 12.5. The van der Waals surface area contributed by atoms with Crippen molar-refractivity contribution >= 4 is 0 Å². The molecule has 0 heterocycles. The van der Waals surface area contributed by atoms with Gasteiger partial charge in [0, 0.05) is 12.6 Å². The highest BCUT2D eigenvalue weighted by Gasteiger charge is 2.09. The van der Waals surface area contributed by atoms with Crippen molar-refractivity contribution < 1.29 is 9.47 Å². The van der Waals surface area contributed by atoms with Crippen LogP contribution in [0.1, 0.15) is 18.9 Å². The summed E-state index contributed by atoms with van der Waals surface area (Å²) in [7, 11) is 5.74. The highest BCUT2D eigenvalue weighted by Crippen LogP contribution is 2.25. The van der Waals surface area contributed by atoms with E-state index >= 15 is 0 Å². The molecule has 0 aliphatic rings. The molecule has 0 aliphatic carbocycles. The number of nitrogens with two attached hydrogens (primary N) is 1. The lowest BCUT2D eigenvalue weighted by atomic mass is 10.0. The van der Waals surface area contributed by atoms with Crippen molar-refractivity contribution in [2.45, 2.75) is 25.8 Å². The summed E-state index contributed by atoms with van der Waals surface area (Å²) >= 11 is 0. The molecule has 1 rings (SSSR count). The Morgan fingerprint density at radius 2 is 2.05 bits per heavy atom. The van der Waals surface area contributed by atoms with Gasteiger partial charge in [0.15, 0.2) is 0 Å². The van der Waals surface area contributed by atoms with E-state index in [1.807, 2.05) is 32.3 Å². The summed E-state index contributed by atoms with van der Waals surface area (Å²) in [6.07, 6.45) is 1.76. The number of methoxy groups -OCH3 is 1. The maximum atomic E-state index is 6.04. The van der Waals surface area contributed by atoms with E-state index in [4.69, 9.17) is 15.2 Å². The molecule has 0 aliphatic heterocycles. The fourth-order valence-electron chi connectivity index (χ4n) is 1.75. The monoisotopic (exact) mass is 266 g/mol. The molecule has 108 valence electrons. The fourth-order valence-corrected chi connectivity index (χ4v) is 1.75. The quantitative estimate of drug-likeness (QED) is 0.781. The Bertz CT molecular complexity index is 380. The average Bonchev–Trinajstić information content (AvgIpc) is 2.39. The lowest BCUT2D eigenvalue weighted by molar-refractivity contribution is 0.258. The van der Waals surface area contributed by atoms with Crippen LogP contribution < -0.4 is 15.2 Å². The first-order valence-corrected chi connectivity index (χ1v) is 6.76. The molecule has 0 aromatic heterocycles. The molecule has 0 saturated heterocycles. The molecule has 4 heteroatoms. The van der Waals surface area contributed by atoms with Crippen LogP contribution in [0.15, 0.2) is 18.2 Å². The summed E-state index contributed by atoms with van der Waals surface area (Å²) in [5, 5.41) is 0. The smallest absolute Gasteiger partial charge is 0.122 e. The third kappa shape index (κ3) is 5.49. The van der Waals surface area contributed by atoms with E-state index in [2.05, 4.69) is 11.8 Å². The van der Waals surface area contributed by atoms with Gasteiger partial charge in [0.05, 0.1) is 7.11 Å². The maximum Gasteiger partial charge on any atom is 0.122 e. The molecular formula is C15H26N2O2. The van der Waals surface area contributed by atoms with Crippen molar-refractivity contribution in [3.05, 3.63) is 23.8 Å². The Morgan fingerprint density at radius 1 is 1.32 bits per heavy atom. The standard InChI is InChI=1S/C15H26N2O2/c1-5-13(16)10-12-11-14(18-4)6-7-15(12)19-9-8-17(2)3/h6-7,11,13H,5,8-10,16H2,1-4H3. The normalized spacial score (nSPS) is 12.5. The summed E-state index contributed by atoms with van der Waals surface area (Å²) in [5.74, 6) is 1.75. The van der Waals surface area contributed by atoms with Gasteiger partial charge in [-0.1, -0.05) is 6.92 Å². The first kappa shape index (κ1) is 15.8. The van der Waals surface area contributed by atoms with E-state index in [1.165, 1.54) is 0 Å². The van der Waals surface area contributed by atoms with Gasteiger partial charge in [-0.15, -0.1) is 0 Å². The number of hydrogen-bond donors (Lipinski definition) is 1. The summed E-state index contributed by atoms with van der Waals surface area (Å²) in [4.78, 5) is 2.10. The molecule has 0 radical (unpaired) electrons. The third-order valence-corrected chi connectivity index (χ3v) is 3.07. The van der Waals surface area contributed by atoms with Gasteiger partial charge in [0.25, 0.3) is 0 Å². The molecule has 0 spiro atoms. The summed E-state index contributed by atoms with van der Waals surface area (Å²) < 4.78 is 11.1. The lowest BCUT2D eigenvalue weighted by Crippen LogP contribution is -2.23. The Kier molecular flexibility index (Phi) is 6.67. The van der Waals surface area contributed by atoms with Gasteiger partial charge < -0.3 is 20.1 Å². The first-order valence-electron chi connectivity index (χ1n) is 6.76. The van der Waals surface area contributed by atoms with E-state index < -0.39 is 0 Å². The molecule has 19 heavy (non-hydrogen) atoms. The van der Waals surface area contributed by atoms with E-state index in [0.717, 1.165) is 36.4 Å². The summed E-state index contributed by atoms with van der Waals surface area (Å²) in [5.41, 5.74) is 7.16. The van der Waals surface area contributed by atoms with Crippen LogP contribution in [-0.2, 0) is 6.42 Å². The van der Waals surface area contributed by atoms with Crippen LogP contribution in [0.3, 0.4) is 0 Å². The van der Waals surface area contributed by atoms with Crippen LogP contribution in [0.4, 0.5) is 0 Å². The lowest BCUT2D eigenvalue weighted by Gasteiger charge is -2.17. The van der Waals surface area contributed by atoms with Crippen molar-refractivity contribution in [2.24, 2.45) is 5.73 Å². The predicted octanol–water partition coefficient (Wildman–Crippen LogP) is 1.92. The second-order valence-electron chi connectivity index (χ2n) is 5.00. The minimum atomic E-state index is 0.156. The van der Waals surface area contributed by atoms with E-state index in [1.54, 1.807) is 7.11 Å². The van der Waals surface area contributed by atoms with E-state index in [-0.39, 0.29) is 6.04 Å². The molecule has 0 saturated carbocycles. The number of hydrogen-bond acceptors (Lipinski definition) is 4. The van der Waals surface area contributed by atoms with Gasteiger partial charge >= 0.3 is 0 Å². The van der Waals surface area contributed by atoms with Crippen LogP contribution in [0.2, 0.25) is 0 Å². The minimum absolute atomic E-state index is 0.156. The second-order valence-corrected chi connectivity index (χ2v) is 5.00. The zero-order valence-electron chi connectivity index (χ0n) is 12.5. The minimum Gasteiger partial charge on any atom is -0.497 e. The van der Waals surface area contributed by atoms with Crippen LogP contribution in [0, 0.1) is 0 Å². The Labute approximate surface area is 116 Å². The van der Waals surface area contributed by atoms with Crippen molar-refractivity contribution in [2.75, 3.05) is 34.4 Å². The number of nitrogens with zero attached hydrogens (tertiary/aromatic N) is 1. The number of rotatable bonds is 8. The Morgan fingerprint density at radius 3 is 2.63 bits per heavy atom. The molecular weight excluding hydrogens is 240 g/mol. The molecule has 0 amide bonds. The molecule has 2 N–H and O–H groups in total. The fraction of sp³-hybridized carbons (Fsp3) is 0.600. The molecule has 0 bridgehead atoms. The summed E-state index contributed by atoms with van der Waals surface area (Å²) in [6, 6.07) is 6.06. The predicted molar refractivity (Wildman–Crippen MR) is 79.0 cm³/mol. The third-order valence-electron chi connectivity index (χ3n) is 3.07. The second kappa shape index (κ2) is 8.02. The van der Waals surface area contributed by atoms with Gasteiger partial charge in [0.1, 0.15) is 18.1 Å². The average molecular weight is 266 g/mol. The molecule has 1 atom stereocenters. The van der Waals surface area contributed by atoms with Crippen molar-refractivity contribution in [1.82, 2.24) is 4.90 Å². The molecule has 1 unspecified atom stereocenters. The molecule has 1 aromatic rings. The van der Waals surface area contributed by atoms with Gasteiger partial charge in [-0.2, -0.15) is 0 Å². The molecule has 0 fully saturated rings. The van der Waals surface area contributed by atoms with Gasteiger partial charge in [-0.05, 0) is 50.7 Å². The Hall–Kier alpha value is -1.26. The highest BCUT2D eigenvalue weighted by molar-refractivity contribution is 5.40. The van der Waals surface area contributed by atoms with Crippen molar-refractivity contribution in [3.63, 3.8) is 0 Å². The van der Waals surface area contributed by atoms with Crippen molar-refractivity contribution in [1.29, 1.82) is 0 Å².